The van der Waals surface area contributed by atoms with E-state index in [0.29, 0.717) is 22.2 Å². The molecule has 0 unspecified atom stereocenters. The number of nitrogens with zero attached hydrogens (tertiary/aromatic N) is 2. The molecule has 0 aliphatic heterocycles. The van der Waals surface area contributed by atoms with Crippen LogP contribution in [0.25, 0.3) is 33.2 Å². The fourth-order valence-corrected chi connectivity index (χ4v) is 2.11. The monoisotopic (exact) mass is 238 g/mol. The summed E-state index contributed by atoms with van der Waals surface area (Å²) in [5.74, 6) is -0.305. The van der Waals surface area contributed by atoms with Crippen molar-refractivity contribution >= 4 is 33.2 Å². The molecule has 4 aromatic rings. The third-order valence-electron chi connectivity index (χ3n) is 2.94. The molecule has 4 heteroatoms. The molecule has 0 N–H and O–H groups in total. The SMILES string of the molecule is Fc1ccc2oc3nc4ccccc4nc3c2c1. The Morgan fingerprint density at radius 2 is 1.72 bits per heavy atom. The number of hydrogen-bond donors (Lipinski definition) is 0. The van der Waals surface area contributed by atoms with Gasteiger partial charge in [0.15, 0.2) is 0 Å². The minimum atomic E-state index is -0.305. The molecule has 18 heavy (non-hydrogen) atoms. The summed E-state index contributed by atoms with van der Waals surface area (Å²) >= 11 is 0. The highest BCUT2D eigenvalue weighted by Gasteiger charge is 2.11. The molecule has 0 spiro atoms. The molecular formula is C14H7FN2O. The first-order valence-electron chi connectivity index (χ1n) is 5.56. The third kappa shape index (κ3) is 1.23. The summed E-state index contributed by atoms with van der Waals surface area (Å²) in [5, 5.41) is 0.656. The maximum absolute atomic E-state index is 13.3. The summed E-state index contributed by atoms with van der Waals surface area (Å²) in [7, 11) is 0. The molecule has 4 rings (SSSR count). The lowest BCUT2D eigenvalue weighted by atomic mass is 10.2. The Hall–Kier alpha value is -2.49. The summed E-state index contributed by atoms with van der Waals surface area (Å²) in [5.41, 5.74) is 3.18. The highest BCUT2D eigenvalue weighted by molar-refractivity contribution is 6.03. The molecule has 0 amide bonds. The first-order chi connectivity index (χ1) is 8.81. The van der Waals surface area contributed by atoms with Crippen LogP contribution in [0.4, 0.5) is 4.39 Å². The summed E-state index contributed by atoms with van der Waals surface area (Å²) in [4.78, 5) is 8.88. The Balaban J connectivity index is 2.25. The quantitative estimate of drug-likeness (QED) is 0.469. The van der Waals surface area contributed by atoms with E-state index < -0.39 is 0 Å². The molecule has 0 atom stereocenters. The number of rotatable bonds is 0. The van der Waals surface area contributed by atoms with Crippen LogP contribution in [-0.2, 0) is 0 Å². The highest BCUT2D eigenvalue weighted by Crippen LogP contribution is 2.28. The van der Waals surface area contributed by atoms with E-state index >= 15 is 0 Å². The predicted molar refractivity (Wildman–Crippen MR) is 66.8 cm³/mol. The van der Waals surface area contributed by atoms with Gasteiger partial charge in [-0.25, -0.2) is 14.4 Å². The first kappa shape index (κ1) is 9.53. The average Bonchev–Trinajstić information content (AvgIpc) is 2.73. The minimum absolute atomic E-state index is 0.305. The van der Waals surface area contributed by atoms with Crippen LogP contribution < -0.4 is 0 Å². The lowest BCUT2D eigenvalue weighted by Crippen LogP contribution is -1.83. The van der Waals surface area contributed by atoms with E-state index in [9.17, 15) is 4.39 Å². The van der Waals surface area contributed by atoms with Crippen molar-refractivity contribution in [1.82, 2.24) is 9.97 Å². The van der Waals surface area contributed by atoms with Gasteiger partial charge < -0.3 is 4.42 Å². The lowest BCUT2D eigenvalue weighted by Gasteiger charge is -1.94. The fraction of sp³-hybridized carbons (Fsp3) is 0. The second-order valence-electron chi connectivity index (χ2n) is 4.11. The molecule has 0 fully saturated rings. The van der Waals surface area contributed by atoms with Gasteiger partial charge in [-0.1, -0.05) is 12.1 Å². The van der Waals surface area contributed by atoms with Gasteiger partial charge >= 0.3 is 0 Å². The van der Waals surface area contributed by atoms with Gasteiger partial charge in [0.25, 0.3) is 0 Å². The van der Waals surface area contributed by atoms with Crippen LogP contribution in [0.5, 0.6) is 0 Å². The van der Waals surface area contributed by atoms with Crippen LogP contribution >= 0.6 is 0 Å². The molecule has 2 heterocycles. The smallest absolute Gasteiger partial charge is 0.246 e. The van der Waals surface area contributed by atoms with Gasteiger partial charge in [-0.2, -0.15) is 0 Å². The Kier molecular flexibility index (Phi) is 1.73. The zero-order valence-electron chi connectivity index (χ0n) is 9.22. The van der Waals surface area contributed by atoms with Gasteiger partial charge in [0, 0.05) is 0 Å². The second-order valence-corrected chi connectivity index (χ2v) is 4.11. The summed E-state index contributed by atoms with van der Waals surface area (Å²) in [6.45, 7) is 0. The Bertz CT molecular complexity index is 898. The van der Waals surface area contributed by atoms with E-state index in [-0.39, 0.29) is 5.82 Å². The third-order valence-corrected chi connectivity index (χ3v) is 2.94. The molecule has 0 radical (unpaired) electrons. The van der Waals surface area contributed by atoms with E-state index in [1.165, 1.54) is 12.1 Å². The van der Waals surface area contributed by atoms with E-state index in [1.807, 2.05) is 24.3 Å². The van der Waals surface area contributed by atoms with Crippen molar-refractivity contribution in [2.24, 2.45) is 0 Å². The van der Waals surface area contributed by atoms with Crippen molar-refractivity contribution in [1.29, 1.82) is 0 Å². The number of aromatic nitrogens is 2. The molecule has 2 aromatic carbocycles. The number of furan rings is 1. The topological polar surface area (TPSA) is 38.9 Å². The molecule has 0 bridgehead atoms. The summed E-state index contributed by atoms with van der Waals surface area (Å²) < 4.78 is 18.8. The lowest BCUT2D eigenvalue weighted by molar-refractivity contribution is 0.625. The van der Waals surface area contributed by atoms with Crippen molar-refractivity contribution in [3.63, 3.8) is 0 Å². The van der Waals surface area contributed by atoms with Gasteiger partial charge in [0.05, 0.1) is 16.4 Å². The maximum Gasteiger partial charge on any atom is 0.246 e. The fourth-order valence-electron chi connectivity index (χ4n) is 2.11. The van der Waals surface area contributed by atoms with Crippen molar-refractivity contribution < 1.29 is 8.81 Å². The number of fused-ring (bicyclic) bond motifs is 4. The molecule has 2 aromatic heterocycles. The number of halogens is 1. The van der Waals surface area contributed by atoms with Crippen LogP contribution in [0, 0.1) is 5.82 Å². The zero-order valence-corrected chi connectivity index (χ0v) is 9.22. The number of para-hydroxylation sites is 2. The molecule has 86 valence electrons. The standard InChI is InChI=1S/C14H7FN2O/c15-8-5-6-12-9(7-8)13-14(18-12)17-11-4-2-1-3-10(11)16-13/h1-7H. The van der Waals surface area contributed by atoms with E-state index in [4.69, 9.17) is 4.42 Å². The Morgan fingerprint density at radius 3 is 2.56 bits per heavy atom. The molecule has 0 saturated carbocycles. The molecular weight excluding hydrogens is 231 g/mol. The van der Waals surface area contributed by atoms with Crippen LogP contribution in [0.15, 0.2) is 46.9 Å². The molecule has 3 nitrogen and oxygen atoms in total. The second kappa shape index (κ2) is 3.26. The van der Waals surface area contributed by atoms with Crippen molar-refractivity contribution in [3.05, 3.63) is 48.3 Å². The van der Waals surface area contributed by atoms with Gasteiger partial charge in [-0.15, -0.1) is 0 Å². The number of hydrogen-bond acceptors (Lipinski definition) is 3. The van der Waals surface area contributed by atoms with Crippen molar-refractivity contribution in [2.45, 2.75) is 0 Å². The first-order valence-corrected chi connectivity index (χ1v) is 5.56. The van der Waals surface area contributed by atoms with Crippen molar-refractivity contribution in [2.75, 3.05) is 0 Å². The molecule has 0 aliphatic rings. The van der Waals surface area contributed by atoms with Gasteiger partial charge in [0.1, 0.15) is 16.9 Å². The van der Waals surface area contributed by atoms with E-state index in [0.717, 1.165) is 11.0 Å². The normalized spacial score (nSPS) is 11.6. The van der Waals surface area contributed by atoms with Gasteiger partial charge in [-0.3, -0.25) is 0 Å². The Labute approximate surface area is 101 Å². The van der Waals surface area contributed by atoms with Crippen LogP contribution in [0.2, 0.25) is 0 Å². The predicted octanol–water partition coefficient (Wildman–Crippen LogP) is 3.67. The Morgan fingerprint density at radius 1 is 0.944 bits per heavy atom. The number of benzene rings is 2. The average molecular weight is 238 g/mol. The van der Waals surface area contributed by atoms with Gasteiger partial charge in [-0.05, 0) is 30.3 Å². The van der Waals surface area contributed by atoms with E-state index in [1.54, 1.807) is 6.07 Å². The highest BCUT2D eigenvalue weighted by atomic mass is 19.1. The van der Waals surface area contributed by atoms with Crippen molar-refractivity contribution in [3.8, 4) is 0 Å². The largest absolute Gasteiger partial charge is 0.436 e. The van der Waals surface area contributed by atoms with E-state index in [2.05, 4.69) is 9.97 Å². The zero-order chi connectivity index (χ0) is 12.1. The molecule has 0 aliphatic carbocycles. The van der Waals surface area contributed by atoms with Crippen LogP contribution in [0.1, 0.15) is 0 Å². The minimum Gasteiger partial charge on any atom is -0.436 e. The van der Waals surface area contributed by atoms with Crippen LogP contribution in [-0.4, -0.2) is 9.97 Å². The maximum atomic E-state index is 13.3. The summed E-state index contributed by atoms with van der Waals surface area (Å²) in [6, 6.07) is 11.9. The summed E-state index contributed by atoms with van der Waals surface area (Å²) in [6.07, 6.45) is 0. The van der Waals surface area contributed by atoms with Crippen LogP contribution in [0.3, 0.4) is 0 Å². The van der Waals surface area contributed by atoms with Gasteiger partial charge in [0.2, 0.25) is 5.71 Å². The molecule has 0 saturated heterocycles.